The normalized spacial score (nSPS) is 14.8. The van der Waals surface area contributed by atoms with Crippen LogP contribution in [0.15, 0.2) is 45.8 Å². The van der Waals surface area contributed by atoms with Crippen molar-refractivity contribution in [3.63, 3.8) is 0 Å². The SMILES string of the molecule is CSc1ccccc1C(N)c1cc2c(cc1Br)OCCO2. The van der Waals surface area contributed by atoms with E-state index in [1.165, 1.54) is 4.90 Å². The summed E-state index contributed by atoms with van der Waals surface area (Å²) in [5.74, 6) is 1.53. The summed E-state index contributed by atoms with van der Waals surface area (Å²) in [6, 6.07) is 11.9. The Labute approximate surface area is 137 Å². The summed E-state index contributed by atoms with van der Waals surface area (Å²) in [5.41, 5.74) is 8.60. The molecular formula is C16H16BrNO2S. The molecule has 0 aliphatic carbocycles. The standard InChI is InChI=1S/C16H16BrNO2S/c1-21-15-5-3-2-4-10(15)16(18)11-8-13-14(9-12(11)17)20-7-6-19-13/h2-5,8-9,16H,6-7,18H2,1H3. The smallest absolute Gasteiger partial charge is 0.162 e. The van der Waals surface area contributed by atoms with Crippen LogP contribution in [0.25, 0.3) is 0 Å². The second-order valence-electron chi connectivity index (χ2n) is 4.74. The summed E-state index contributed by atoms with van der Waals surface area (Å²) in [6.45, 7) is 1.16. The highest BCUT2D eigenvalue weighted by atomic mass is 79.9. The third-order valence-corrected chi connectivity index (χ3v) is 4.97. The van der Waals surface area contributed by atoms with Gasteiger partial charge in [0.2, 0.25) is 0 Å². The lowest BCUT2D eigenvalue weighted by molar-refractivity contribution is 0.171. The monoisotopic (exact) mass is 365 g/mol. The Bertz CT molecular complexity index is 663. The van der Waals surface area contributed by atoms with Gasteiger partial charge in [-0.05, 0) is 35.6 Å². The second kappa shape index (κ2) is 6.30. The van der Waals surface area contributed by atoms with Crippen LogP contribution in [0.2, 0.25) is 0 Å². The van der Waals surface area contributed by atoms with Crippen molar-refractivity contribution in [3.05, 3.63) is 52.0 Å². The number of nitrogens with two attached hydrogens (primary N) is 1. The van der Waals surface area contributed by atoms with Crippen molar-refractivity contribution in [2.45, 2.75) is 10.9 Å². The predicted molar refractivity (Wildman–Crippen MR) is 89.4 cm³/mol. The Hall–Kier alpha value is -1.17. The lowest BCUT2D eigenvalue weighted by atomic mass is 9.99. The van der Waals surface area contributed by atoms with E-state index in [0.717, 1.165) is 27.1 Å². The highest BCUT2D eigenvalue weighted by Gasteiger charge is 2.20. The van der Waals surface area contributed by atoms with Gasteiger partial charge in [0, 0.05) is 9.37 Å². The van der Waals surface area contributed by atoms with Crippen LogP contribution in [0, 0.1) is 0 Å². The van der Waals surface area contributed by atoms with Crippen molar-refractivity contribution in [1.82, 2.24) is 0 Å². The average molecular weight is 366 g/mol. The molecular weight excluding hydrogens is 350 g/mol. The van der Waals surface area contributed by atoms with Crippen LogP contribution in [0.4, 0.5) is 0 Å². The molecule has 1 unspecified atom stereocenters. The molecule has 0 fully saturated rings. The van der Waals surface area contributed by atoms with E-state index in [2.05, 4.69) is 34.3 Å². The minimum Gasteiger partial charge on any atom is -0.486 e. The van der Waals surface area contributed by atoms with Crippen molar-refractivity contribution in [2.75, 3.05) is 19.5 Å². The van der Waals surface area contributed by atoms with Gasteiger partial charge in [0.15, 0.2) is 11.5 Å². The van der Waals surface area contributed by atoms with E-state index in [9.17, 15) is 0 Å². The van der Waals surface area contributed by atoms with Gasteiger partial charge in [0.25, 0.3) is 0 Å². The number of fused-ring (bicyclic) bond motifs is 1. The Kier molecular flexibility index (Phi) is 4.42. The summed E-state index contributed by atoms with van der Waals surface area (Å²) in [4.78, 5) is 1.19. The maximum Gasteiger partial charge on any atom is 0.162 e. The van der Waals surface area contributed by atoms with Gasteiger partial charge in [-0.1, -0.05) is 34.1 Å². The molecule has 0 saturated heterocycles. The van der Waals surface area contributed by atoms with Crippen molar-refractivity contribution in [1.29, 1.82) is 0 Å². The minimum absolute atomic E-state index is 0.209. The topological polar surface area (TPSA) is 44.5 Å². The molecule has 3 nitrogen and oxygen atoms in total. The third kappa shape index (κ3) is 2.91. The first-order chi connectivity index (χ1) is 10.2. The Morgan fingerprint density at radius 3 is 2.48 bits per heavy atom. The van der Waals surface area contributed by atoms with Gasteiger partial charge in [-0.25, -0.2) is 0 Å². The van der Waals surface area contributed by atoms with Crippen LogP contribution in [0.1, 0.15) is 17.2 Å². The number of halogens is 1. The lowest BCUT2D eigenvalue weighted by Gasteiger charge is -2.23. The molecule has 1 aliphatic heterocycles. The van der Waals surface area contributed by atoms with Crippen molar-refractivity contribution >= 4 is 27.7 Å². The van der Waals surface area contributed by atoms with E-state index in [0.29, 0.717) is 13.2 Å². The quantitative estimate of drug-likeness (QED) is 0.835. The number of hydrogen-bond acceptors (Lipinski definition) is 4. The van der Waals surface area contributed by atoms with Gasteiger partial charge >= 0.3 is 0 Å². The van der Waals surface area contributed by atoms with Crippen LogP contribution in [-0.4, -0.2) is 19.5 Å². The first kappa shape index (κ1) is 14.8. The fourth-order valence-electron chi connectivity index (χ4n) is 2.41. The van der Waals surface area contributed by atoms with E-state index in [1.54, 1.807) is 11.8 Å². The maximum atomic E-state index is 6.49. The molecule has 0 aromatic heterocycles. The predicted octanol–water partition coefficient (Wildman–Crippen LogP) is 3.99. The summed E-state index contributed by atoms with van der Waals surface area (Å²) in [6.07, 6.45) is 2.06. The van der Waals surface area contributed by atoms with Crippen molar-refractivity contribution in [2.24, 2.45) is 5.73 Å². The zero-order valence-electron chi connectivity index (χ0n) is 11.6. The summed E-state index contributed by atoms with van der Waals surface area (Å²) in [5, 5.41) is 0. The van der Waals surface area contributed by atoms with E-state index < -0.39 is 0 Å². The largest absolute Gasteiger partial charge is 0.486 e. The lowest BCUT2D eigenvalue weighted by Crippen LogP contribution is -2.18. The summed E-state index contributed by atoms with van der Waals surface area (Å²) < 4.78 is 12.2. The average Bonchev–Trinajstić information content (AvgIpc) is 2.53. The molecule has 1 aliphatic rings. The number of benzene rings is 2. The number of rotatable bonds is 3. The molecule has 110 valence electrons. The highest BCUT2D eigenvalue weighted by molar-refractivity contribution is 9.10. The molecule has 21 heavy (non-hydrogen) atoms. The van der Waals surface area contributed by atoms with Crippen LogP contribution < -0.4 is 15.2 Å². The molecule has 3 rings (SSSR count). The first-order valence-corrected chi connectivity index (χ1v) is 8.70. The fourth-order valence-corrected chi connectivity index (χ4v) is 3.62. The Morgan fingerprint density at radius 2 is 1.76 bits per heavy atom. The van der Waals surface area contributed by atoms with Crippen LogP contribution in [0.3, 0.4) is 0 Å². The summed E-state index contributed by atoms with van der Waals surface area (Å²) >= 11 is 5.30. The molecule has 1 heterocycles. The van der Waals surface area contributed by atoms with E-state index in [4.69, 9.17) is 15.2 Å². The minimum atomic E-state index is -0.209. The van der Waals surface area contributed by atoms with Gasteiger partial charge in [-0.15, -0.1) is 11.8 Å². The van der Waals surface area contributed by atoms with E-state index in [-0.39, 0.29) is 6.04 Å². The Morgan fingerprint density at radius 1 is 1.10 bits per heavy atom. The van der Waals surface area contributed by atoms with Crippen LogP contribution in [-0.2, 0) is 0 Å². The van der Waals surface area contributed by atoms with Crippen LogP contribution in [0.5, 0.6) is 11.5 Å². The zero-order chi connectivity index (χ0) is 14.8. The van der Waals surface area contributed by atoms with Gasteiger partial charge < -0.3 is 15.2 Å². The van der Waals surface area contributed by atoms with Crippen molar-refractivity contribution in [3.8, 4) is 11.5 Å². The summed E-state index contributed by atoms with van der Waals surface area (Å²) in [7, 11) is 0. The molecule has 2 aromatic carbocycles. The van der Waals surface area contributed by atoms with E-state index in [1.807, 2.05) is 24.3 Å². The number of ether oxygens (including phenoxy) is 2. The van der Waals surface area contributed by atoms with Crippen LogP contribution >= 0.6 is 27.7 Å². The van der Waals surface area contributed by atoms with E-state index >= 15 is 0 Å². The highest BCUT2D eigenvalue weighted by Crippen LogP contribution is 2.40. The third-order valence-electron chi connectivity index (χ3n) is 3.47. The molecule has 1 atom stereocenters. The number of hydrogen-bond donors (Lipinski definition) is 1. The second-order valence-corrected chi connectivity index (χ2v) is 6.44. The molecule has 0 saturated carbocycles. The molecule has 0 bridgehead atoms. The Balaban J connectivity index is 2.03. The first-order valence-electron chi connectivity index (χ1n) is 6.68. The number of thioether (sulfide) groups is 1. The van der Waals surface area contributed by atoms with Gasteiger partial charge in [0.05, 0.1) is 6.04 Å². The maximum absolute atomic E-state index is 6.49. The molecule has 0 spiro atoms. The molecule has 0 radical (unpaired) electrons. The molecule has 5 heteroatoms. The zero-order valence-corrected chi connectivity index (χ0v) is 14.0. The van der Waals surface area contributed by atoms with Gasteiger partial charge in [-0.2, -0.15) is 0 Å². The molecule has 2 N–H and O–H groups in total. The molecule has 2 aromatic rings. The molecule has 0 amide bonds. The van der Waals surface area contributed by atoms with Gasteiger partial charge in [-0.3, -0.25) is 0 Å². The van der Waals surface area contributed by atoms with Gasteiger partial charge in [0.1, 0.15) is 13.2 Å². The van der Waals surface area contributed by atoms with Crippen molar-refractivity contribution < 1.29 is 9.47 Å². The fraction of sp³-hybridized carbons (Fsp3) is 0.250.